The first kappa shape index (κ1) is 12.2. The average molecular weight is 367 g/mol. The summed E-state index contributed by atoms with van der Waals surface area (Å²) in [5.41, 5.74) is 3.67. The predicted octanol–water partition coefficient (Wildman–Crippen LogP) is 1.95. The lowest BCUT2D eigenvalue weighted by atomic mass is 10.2. The van der Waals surface area contributed by atoms with Gasteiger partial charge in [0.25, 0.3) is 0 Å². The molecule has 0 spiro atoms. The van der Waals surface area contributed by atoms with Gasteiger partial charge < -0.3 is 0 Å². The number of hydrogen-bond donors (Lipinski definition) is 2. The summed E-state index contributed by atoms with van der Waals surface area (Å²) < 4.78 is 3.41. The van der Waals surface area contributed by atoms with Crippen molar-refractivity contribution >= 4 is 43.2 Å². The summed E-state index contributed by atoms with van der Waals surface area (Å²) in [4.78, 5) is 1.09. The number of rotatable bonds is 3. The molecule has 1 atom stereocenters. The van der Waals surface area contributed by atoms with Gasteiger partial charge >= 0.3 is 0 Å². The van der Waals surface area contributed by atoms with Crippen LogP contribution in [-0.4, -0.2) is 15.0 Å². The number of aromatic nitrogens is 3. The van der Waals surface area contributed by atoms with Gasteiger partial charge in [-0.3, -0.25) is 5.84 Å². The molecule has 0 fully saturated rings. The van der Waals surface area contributed by atoms with E-state index in [0.29, 0.717) is 4.60 Å². The molecule has 2 rings (SSSR count). The molecule has 0 aliphatic rings. The second kappa shape index (κ2) is 4.92. The van der Waals surface area contributed by atoms with E-state index in [1.165, 1.54) is 0 Å². The molecule has 1 unspecified atom stereocenters. The van der Waals surface area contributed by atoms with Crippen molar-refractivity contribution in [1.29, 1.82) is 0 Å². The van der Waals surface area contributed by atoms with Gasteiger partial charge in [0, 0.05) is 16.4 Å². The van der Waals surface area contributed by atoms with Crippen LogP contribution >= 0.6 is 43.2 Å². The van der Waals surface area contributed by atoms with Crippen molar-refractivity contribution in [3.8, 4) is 0 Å². The van der Waals surface area contributed by atoms with Crippen LogP contribution in [-0.2, 0) is 7.05 Å². The Labute approximate surface area is 113 Å². The van der Waals surface area contributed by atoms with Crippen molar-refractivity contribution in [3.05, 3.63) is 31.1 Å². The van der Waals surface area contributed by atoms with Crippen LogP contribution in [0.15, 0.2) is 20.5 Å². The Balaban J connectivity index is 2.49. The molecule has 0 aromatic carbocycles. The molecule has 2 aromatic heterocycles. The highest BCUT2D eigenvalue weighted by Gasteiger charge is 2.23. The van der Waals surface area contributed by atoms with Crippen LogP contribution in [0.1, 0.15) is 16.6 Å². The third kappa shape index (κ3) is 2.07. The molecular weight excluding hydrogens is 358 g/mol. The Hall–Kier alpha value is -0.280. The fourth-order valence-corrected chi connectivity index (χ4v) is 3.66. The molecule has 86 valence electrons. The van der Waals surface area contributed by atoms with E-state index in [9.17, 15) is 0 Å². The summed E-state index contributed by atoms with van der Waals surface area (Å²) in [6, 6.07) is 1.85. The fourth-order valence-electron chi connectivity index (χ4n) is 1.44. The van der Waals surface area contributed by atoms with E-state index >= 15 is 0 Å². The normalized spacial score (nSPS) is 13.0. The van der Waals surface area contributed by atoms with Crippen LogP contribution in [0.5, 0.6) is 0 Å². The van der Waals surface area contributed by atoms with Crippen LogP contribution in [0.25, 0.3) is 0 Å². The molecule has 0 saturated heterocycles. The van der Waals surface area contributed by atoms with E-state index in [0.717, 1.165) is 15.0 Å². The van der Waals surface area contributed by atoms with Gasteiger partial charge in [-0.2, -0.15) is 0 Å². The highest BCUT2D eigenvalue weighted by Crippen LogP contribution is 2.34. The standard InChI is InChI=1S/C8H9Br2N5S/c1-15-6(8(10)13-14-15)5(12-11)7-4(9)2-3-16-7/h2-3,5,12H,11H2,1H3. The molecule has 0 bridgehead atoms. The van der Waals surface area contributed by atoms with Crippen LogP contribution in [0.4, 0.5) is 0 Å². The van der Waals surface area contributed by atoms with Gasteiger partial charge in [-0.05, 0) is 43.3 Å². The van der Waals surface area contributed by atoms with Crippen molar-refractivity contribution in [1.82, 2.24) is 20.4 Å². The summed E-state index contributed by atoms with van der Waals surface area (Å²) in [5, 5.41) is 9.89. The van der Waals surface area contributed by atoms with Crippen LogP contribution in [0.2, 0.25) is 0 Å². The second-order valence-electron chi connectivity index (χ2n) is 3.12. The van der Waals surface area contributed by atoms with Gasteiger partial charge in [0.15, 0.2) is 4.60 Å². The van der Waals surface area contributed by atoms with E-state index < -0.39 is 0 Å². The van der Waals surface area contributed by atoms with Crippen molar-refractivity contribution in [2.24, 2.45) is 12.9 Å². The first-order valence-corrected chi connectivity index (χ1v) is 6.85. The number of hydrazine groups is 1. The van der Waals surface area contributed by atoms with Crippen molar-refractivity contribution in [2.75, 3.05) is 0 Å². The molecule has 0 saturated carbocycles. The lowest BCUT2D eigenvalue weighted by Gasteiger charge is -2.15. The Bertz CT molecular complexity index is 475. The van der Waals surface area contributed by atoms with E-state index in [-0.39, 0.29) is 6.04 Å². The summed E-state index contributed by atoms with van der Waals surface area (Å²) in [7, 11) is 1.83. The molecule has 0 aliphatic heterocycles. The molecule has 0 radical (unpaired) electrons. The van der Waals surface area contributed by atoms with Crippen LogP contribution in [0, 0.1) is 0 Å². The first-order valence-electron chi connectivity index (χ1n) is 4.39. The average Bonchev–Trinajstić information content (AvgIpc) is 2.80. The molecule has 0 aliphatic carbocycles. The summed E-state index contributed by atoms with van der Waals surface area (Å²) >= 11 is 8.48. The molecule has 2 aromatic rings. The molecule has 3 N–H and O–H groups in total. The zero-order chi connectivity index (χ0) is 11.7. The molecule has 0 amide bonds. The van der Waals surface area contributed by atoms with Crippen molar-refractivity contribution in [2.45, 2.75) is 6.04 Å². The number of nitrogens with zero attached hydrogens (tertiary/aromatic N) is 3. The third-order valence-electron chi connectivity index (χ3n) is 2.17. The third-order valence-corrected chi connectivity index (χ3v) is 4.67. The van der Waals surface area contributed by atoms with Gasteiger partial charge in [-0.1, -0.05) is 5.21 Å². The lowest BCUT2D eigenvalue weighted by molar-refractivity contribution is 0.574. The Morgan fingerprint density at radius 1 is 1.56 bits per heavy atom. The molecular formula is C8H9Br2N5S. The Morgan fingerprint density at radius 2 is 2.31 bits per heavy atom. The van der Waals surface area contributed by atoms with Gasteiger partial charge in [-0.15, -0.1) is 16.4 Å². The number of nitrogens with one attached hydrogen (secondary N) is 1. The lowest BCUT2D eigenvalue weighted by Crippen LogP contribution is -2.30. The minimum atomic E-state index is -0.135. The maximum atomic E-state index is 5.61. The minimum Gasteiger partial charge on any atom is -0.270 e. The van der Waals surface area contributed by atoms with Gasteiger partial charge in [0.05, 0.1) is 5.69 Å². The van der Waals surface area contributed by atoms with Crippen molar-refractivity contribution in [3.63, 3.8) is 0 Å². The fraction of sp³-hybridized carbons (Fsp3) is 0.250. The summed E-state index contributed by atoms with van der Waals surface area (Å²) in [6.45, 7) is 0. The largest absolute Gasteiger partial charge is 0.270 e. The molecule has 8 heteroatoms. The predicted molar refractivity (Wildman–Crippen MR) is 69.9 cm³/mol. The highest BCUT2D eigenvalue weighted by atomic mass is 79.9. The van der Waals surface area contributed by atoms with Crippen LogP contribution in [0.3, 0.4) is 0 Å². The highest BCUT2D eigenvalue weighted by molar-refractivity contribution is 9.10. The van der Waals surface area contributed by atoms with E-state index in [1.807, 2.05) is 18.5 Å². The monoisotopic (exact) mass is 365 g/mol. The minimum absolute atomic E-state index is 0.135. The number of aryl methyl sites for hydroxylation is 1. The SMILES string of the molecule is Cn1nnc(Br)c1C(NN)c1sccc1Br. The van der Waals surface area contributed by atoms with Gasteiger partial charge in [0.2, 0.25) is 0 Å². The smallest absolute Gasteiger partial charge is 0.153 e. The number of hydrogen-bond acceptors (Lipinski definition) is 5. The molecule has 2 heterocycles. The molecule has 5 nitrogen and oxygen atoms in total. The molecule has 16 heavy (non-hydrogen) atoms. The quantitative estimate of drug-likeness (QED) is 0.643. The van der Waals surface area contributed by atoms with Gasteiger partial charge in [-0.25, -0.2) is 10.1 Å². The maximum Gasteiger partial charge on any atom is 0.153 e. The summed E-state index contributed by atoms with van der Waals surface area (Å²) in [5.74, 6) is 5.61. The van der Waals surface area contributed by atoms with E-state index in [2.05, 4.69) is 47.6 Å². The Kier molecular flexibility index (Phi) is 3.75. The van der Waals surface area contributed by atoms with E-state index in [4.69, 9.17) is 5.84 Å². The number of nitrogens with two attached hydrogens (primary N) is 1. The first-order chi connectivity index (χ1) is 7.65. The number of halogens is 2. The maximum absolute atomic E-state index is 5.61. The summed E-state index contributed by atoms with van der Waals surface area (Å²) in [6.07, 6.45) is 0. The van der Waals surface area contributed by atoms with Gasteiger partial charge in [0.1, 0.15) is 6.04 Å². The van der Waals surface area contributed by atoms with E-state index in [1.54, 1.807) is 16.0 Å². The topological polar surface area (TPSA) is 68.8 Å². The zero-order valence-electron chi connectivity index (χ0n) is 8.32. The second-order valence-corrected chi connectivity index (χ2v) is 5.67. The zero-order valence-corrected chi connectivity index (χ0v) is 12.3. The van der Waals surface area contributed by atoms with Crippen molar-refractivity contribution < 1.29 is 0 Å². The number of thiophene rings is 1. The van der Waals surface area contributed by atoms with Crippen LogP contribution < -0.4 is 11.3 Å². The Morgan fingerprint density at radius 3 is 2.75 bits per heavy atom.